The first-order valence-corrected chi connectivity index (χ1v) is 10.2. The molecule has 0 spiro atoms. The number of carboxylic acid groups (broad SMARTS) is 1. The van der Waals surface area contributed by atoms with E-state index in [1.165, 1.54) is 11.8 Å². The Morgan fingerprint density at radius 2 is 1.83 bits per heavy atom. The lowest BCUT2D eigenvalue weighted by Gasteiger charge is -2.14. The van der Waals surface area contributed by atoms with Gasteiger partial charge in [-0.25, -0.2) is 9.78 Å². The van der Waals surface area contributed by atoms with E-state index < -0.39 is 17.9 Å². The zero-order valence-electron chi connectivity index (χ0n) is 15.8. The Balaban J connectivity index is 1.49. The Hall–Kier alpha value is -3.65. The molecule has 0 aliphatic heterocycles. The van der Waals surface area contributed by atoms with Crippen molar-refractivity contribution in [1.29, 1.82) is 0 Å². The Bertz CT molecular complexity index is 1180. The van der Waals surface area contributed by atoms with Gasteiger partial charge in [-0.2, -0.15) is 0 Å². The number of aromatic amines is 1. The number of carbonyl (C=O) groups is 2. The largest absolute Gasteiger partial charge is 0.480 e. The third-order valence-corrected chi connectivity index (χ3v) is 5.57. The fourth-order valence-electron chi connectivity index (χ4n) is 2.91. The van der Waals surface area contributed by atoms with E-state index >= 15 is 0 Å². The minimum Gasteiger partial charge on any atom is -0.480 e. The van der Waals surface area contributed by atoms with Gasteiger partial charge in [0, 0.05) is 34.2 Å². The summed E-state index contributed by atoms with van der Waals surface area (Å²) in [6.07, 6.45) is 3.36. The van der Waals surface area contributed by atoms with Crippen LogP contribution in [0.4, 0.5) is 0 Å². The normalized spacial score (nSPS) is 11.9. The van der Waals surface area contributed by atoms with Crippen molar-refractivity contribution in [2.45, 2.75) is 10.9 Å². The van der Waals surface area contributed by atoms with Crippen LogP contribution in [0.15, 0.2) is 78.0 Å². The maximum Gasteiger partial charge on any atom is 0.327 e. The number of pyridine rings is 1. The third-order valence-electron chi connectivity index (χ3n) is 4.46. The van der Waals surface area contributed by atoms with Crippen molar-refractivity contribution in [2.24, 2.45) is 0 Å². The first-order valence-electron chi connectivity index (χ1n) is 9.22. The van der Waals surface area contributed by atoms with Crippen molar-refractivity contribution in [3.63, 3.8) is 0 Å². The molecule has 1 unspecified atom stereocenters. The van der Waals surface area contributed by atoms with Gasteiger partial charge < -0.3 is 15.4 Å². The van der Waals surface area contributed by atoms with Crippen LogP contribution in [0.5, 0.6) is 0 Å². The topological polar surface area (TPSA) is 108 Å². The molecule has 3 N–H and O–H groups in total. The molecule has 2 heterocycles. The maximum atomic E-state index is 12.7. The summed E-state index contributed by atoms with van der Waals surface area (Å²) in [7, 11) is 0. The summed E-state index contributed by atoms with van der Waals surface area (Å²) in [5.74, 6) is -0.621. The summed E-state index contributed by atoms with van der Waals surface area (Å²) in [6.45, 7) is 0. The second kappa shape index (κ2) is 8.79. The van der Waals surface area contributed by atoms with Crippen LogP contribution >= 0.6 is 11.8 Å². The fraction of sp³-hybridized carbons (Fsp3) is 0.0909. The van der Waals surface area contributed by atoms with Crippen LogP contribution in [0.25, 0.3) is 22.4 Å². The van der Waals surface area contributed by atoms with Gasteiger partial charge in [0.05, 0.1) is 11.0 Å². The molecule has 0 aliphatic carbocycles. The minimum atomic E-state index is -1.07. The van der Waals surface area contributed by atoms with E-state index in [1.807, 2.05) is 42.5 Å². The quantitative estimate of drug-likeness (QED) is 0.396. The van der Waals surface area contributed by atoms with Crippen molar-refractivity contribution in [3.05, 3.63) is 78.6 Å². The molecule has 8 heteroatoms. The average molecular weight is 418 g/mol. The first-order chi connectivity index (χ1) is 14.6. The van der Waals surface area contributed by atoms with Gasteiger partial charge in [0.15, 0.2) is 0 Å². The second-order valence-electron chi connectivity index (χ2n) is 6.54. The van der Waals surface area contributed by atoms with E-state index in [9.17, 15) is 14.7 Å². The molecule has 1 atom stereocenters. The van der Waals surface area contributed by atoms with E-state index in [2.05, 4.69) is 20.3 Å². The van der Waals surface area contributed by atoms with Crippen LogP contribution in [0, 0.1) is 0 Å². The molecule has 30 heavy (non-hydrogen) atoms. The lowest BCUT2D eigenvalue weighted by molar-refractivity contribution is -0.138. The van der Waals surface area contributed by atoms with Crippen molar-refractivity contribution in [1.82, 2.24) is 20.3 Å². The van der Waals surface area contributed by atoms with Gasteiger partial charge in [-0.1, -0.05) is 18.2 Å². The number of rotatable bonds is 7. The maximum absolute atomic E-state index is 12.7. The van der Waals surface area contributed by atoms with Crippen molar-refractivity contribution in [3.8, 4) is 11.4 Å². The van der Waals surface area contributed by atoms with Gasteiger partial charge in [0.1, 0.15) is 11.9 Å². The molecule has 7 nitrogen and oxygen atoms in total. The molecule has 0 saturated carbocycles. The van der Waals surface area contributed by atoms with Crippen LogP contribution in [0.1, 0.15) is 10.4 Å². The monoisotopic (exact) mass is 418 g/mol. The Kier molecular flexibility index (Phi) is 5.76. The molecule has 1 amide bonds. The highest BCUT2D eigenvalue weighted by Gasteiger charge is 2.21. The molecular weight excluding hydrogens is 400 g/mol. The summed E-state index contributed by atoms with van der Waals surface area (Å²) in [6, 6.07) is 17.2. The molecule has 0 fully saturated rings. The van der Waals surface area contributed by atoms with Crippen molar-refractivity contribution < 1.29 is 14.7 Å². The zero-order valence-corrected chi connectivity index (χ0v) is 16.6. The van der Waals surface area contributed by atoms with Gasteiger partial charge in [-0.15, -0.1) is 11.8 Å². The molecule has 0 bridgehead atoms. The molecule has 2 aromatic heterocycles. The van der Waals surface area contributed by atoms with Gasteiger partial charge >= 0.3 is 5.97 Å². The van der Waals surface area contributed by atoms with Crippen LogP contribution in [0.2, 0.25) is 0 Å². The van der Waals surface area contributed by atoms with E-state index in [1.54, 1.807) is 30.6 Å². The van der Waals surface area contributed by atoms with Gasteiger partial charge in [-0.05, 0) is 42.5 Å². The number of carboxylic acids is 1. The van der Waals surface area contributed by atoms with E-state index in [4.69, 9.17) is 0 Å². The number of benzene rings is 2. The smallest absolute Gasteiger partial charge is 0.327 e. The van der Waals surface area contributed by atoms with Gasteiger partial charge in [0.2, 0.25) is 0 Å². The van der Waals surface area contributed by atoms with Crippen LogP contribution < -0.4 is 5.32 Å². The van der Waals surface area contributed by atoms with Crippen LogP contribution in [-0.2, 0) is 4.79 Å². The summed E-state index contributed by atoms with van der Waals surface area (Å²) < 4.78 is 0. The lowest BCUT2D eigenvalue weighted by atomic mass is 10.2. The van der Waals surface area contributed by atoms with Gasteiger partial charge in [-0.3, -0.25) is 9.78 Å². The minimum absolute atomic E-state index is 0.226. The number of imidazole rings is 1. The first kappa shape index (κ1) is 19.7. The highest BCUT2D eigenvalue weighted by molar-refractivity contribution is 7.99. The highest BCUT2D eigenvalue weighted by Crippen LogP contribution is 2.21. The Labute approximate surface area is 176 Å². The second-order valence-corrected chi connectivity index (χ2v) is 7.63. The van der Waals surface area contributed by atoms with Crippen LogP contribution in [-0.4, -0.2) is 43.7 Å². The number of amides is 1. The number of nitrogens with one attached hydrogen (secondary N) is 2. The zero-order chi connectivity index (χ0) is 20.9. The fourth-order valence-corrected chi connectivity index (χ4v) is 3.84. The van der Waals surface area contributed by atoms with E-state index in [0.29, 0.717) is 22.4 Å². The number of H-pyrrole nitrogens is 1. The summed E-state index contributed by atoms with van der Waals surface area (Å²) in [4.78, 5) is 36.9. The Morgan fingerprint density at radius 3 is 2.57 bits per heavy atom. The number of hydrogen-bond acceptors (Lipinski definition) is 5. The number of aliphatic carboxylic acids is 1. The average Bonchev–Trinajstić information content (AvgIpc) is 3.21. The molecule has 0 radical (unpaired) electrons. The summed E-state index contributed by atoms with van der Waals surface area (Å²) in [5, 5.41) is 12.1. The molecule has 0 aliphatic rings. The highest BCUT2D eigenvalue weighted by atomic mass is 32.2. The summed E-state index contributed by atoms with van der Waals surface area (Å²) in [5.41, 5.74) is 2.66. The molecule has 4 rings (SSSR count). The molecule has 0 saturated heterocycles. The van der Waals surface area contributed by atoms with E-state index in [-0.39, 0.29) is 5.75 Å². The van der Waals surface area contributed by atoms with E-state index in [0.717, 1.165) is 10.5 Å². The number of thioether (sulfide) groups is 1. The van der Waals surface area contributed by atoms with Crippen molar-refractivity contribution in [2.75, 3.05) is 5.75 Å². The molecule has 150 valence electrons. The predicted octanol–water partition coefficient (Wildman–Crippen LogP) is 3.60. The SMILES string of the molecule is O=C(NC(CSc1ccccc1)C(=O)O)c1ccc2nc(-c3ccncc3)[nH]c2c1. The number of carbonyl (C=O) groups excluding carboxylic acids is 1. The lowest BCUT2D eigenvalue weighted by Crippen LogP contribution is -2.42. The number of nitrogens with zero attached hydrogens (tertiary/aromatic N) is 2. The standard InChI is InChI=1S/C22H18N4O3S/c27-21(26-19(22(28)29)13-30-16-4-2-1-3-5-16)15-6-7-17-18(12-15)25-20(24-17)14-8-10-23-11-9-14/h1-12,19H,13H2,(H,24,25)(H,26,27)(H,28,29). The van der Waals surface area contributed by atoms with Crippen molar-refractivity contribution >= 4 is 34.7 Å². The van der Waals surface area contributed by atoms with Gasteiger partial charge in [0.25, 0.3) is 5.91 Å². The third kappa shape index (κ3) is 4.49. The molecule has 4 aromatic rings. The van der Waals surface area contributed by atoms with Crippen LogP contribution in [0.3, 0.4) is 0 Å². The molecular formula is C22H18N4O3S. The number of fused-ring (bicyclic) bond motifs is 1. The summed E-state index contributed by atoms with van der Waals surface area (Å²) >= 11 is 1.38. The number of hydrogen-bond donors (Lipinski definition) is 3. The Morgan fingerprint density at radius 1 is 1.07 bits per heavy atom. The number of aromatic nitrogens is 3. The molecule has 2 aromatic carbocycles. The predicted molar refractivity (Wildman–Crippen MR) is 115 cm³/mol.